The van der Waals surface area contributed by atoms with Crippen LogP contribution >= 0.6 is 15.9 Å². The van der Waals surface area contributed by atoms with Crippen LogP contribution < -0.4 is 14.8 Å². The van der Waals surface area contributed by atoms with E-state index in [4.69, 9.17) is 9.47 Å². The van der Waals surface area contributed by atoms with Gasteiger partial charge in [0.1, 0.15) is 0 Å². The van der Waals surface area contributed by atoms with Crippen molar-refractivity contribution in [3.8, 4) is 11.5 Å². The standard InChI is InChI=1S/C10H14BrNO2/c1-12-6-7-4-5-8(13-2)10(14-3)9(7)11/h4-5,12H,6H2,1-3H3. The normalized spacial score (nSPS) is 10.0. The molecule has 0 amide bonds. The van der Waals surface area contributed by atoms with Crippen molar-refractivity contribution in [1.82, 2.24) is 5.32 Å². The summed E-state index contributed by atoms with van der Waals surface area (Å²) in [6.07, 6.45) is 0. The first-order valence-electron chi connectivity index (χ1n) is 4.28. The summed E-state index contributed by atoms with van der Waals surface area (Å²) in [6.45, 7) is 0.793. The molecule has 0 heterocycles. The Kier molecular flexibility index (Phi) is 4.22. The van der Waals surface area contributed by atoms with Crippen molar-refractivity contribution in [3.63, 3.8) is 0 Å². The molecule has 4 heteroatoms. The van der Waals surface area contributed by atoms with Crippen molar-refractivity contribution in [2.45, 2.75) is 6.54 Å². The highest BCUT2D eigenvalue weighted by molar-refractivity contribution is 9.10. The molecule has 1 aromatic rings. The number of rotatable bonds is 4. The number of benzene rings is 1. The quantitative estimate of drug-likeness (QED) is 0.900. The first-order valence-corrected chi connectivity index (χ1v) is 5.07. The van der Waals surface area contributed by atoms with Gasteiger partial charge in [0.2, 0.25) is 0 Å². The average Bonchev–Trinajstić information content (AvgIpc) is 2.21. The molecule has 0 fully saturated rings. The molecule has 0 saturated carbocycles. The number of nitrogens with one attached hydrogen (secondary N) is 1. The minimum atomic E-state index is 0.735. The molecule has 1 N–H and O–H groups in total. The second kappa shape index (κ2) is 5.22. The lowest BCUT2D eigenvalue weighted by Gasteiger charge is -2.12. The van der Waals surface area contributed by atoms with Crippen LogP contribution in [-0.2, 0) is 6.54 Å². The number of halogens is 1. The van der Waals surface area contributed by atoms with E-state index in [2.05, 4.69) is 21.2 Å². The summed E-state index contributed by atoms with van der Waals surface area (Å²) in [5.41, 5.74) is 1.14. The molecule has 0 unspecified atom stereocenters. The molecule has 0 radical (unpaired) electrons. The first-order chi connectivity index (χ1) is 6.74. The molecule has 0 saturated heterocycles. The zero-order valence-corrected chi connectivity index (χ0v) is 10.1. The molecule has 3 nitrogen and oxygen atoms in total. The van der Waals surface area contributed by atoms with Gasteiger partial charge in [0.05, 0.1) is 18.7 Å². The van der Waals surface area contributed by atoms with E-state index >= 15 is 0 Å². The monoisotopic (exact) mass is 259 g/mol. The van der Waals surface area contributed by atoms with Crippen LogP contribution in [0.25, 0.3) is 0 Å². The summed E-state index contributed by atoms with van der Waals surface area (Å²) in [5.74, 6) is 1.47. The van der Waals surface area contributed by atoms with Gasteiger partial charge in [-0.2, -0.15) is 0 Å². The van der Waals surface area contributed by atoms with E-state index in [1.807, 2.05) is 19.2 Å². The third-order valence-electron chi connectivity index (χ3n) is 1.93. The fraction of sp³-hybridized carbons (Fsp3) is 0.400. The van der Waals surface area contributed by atoms with Gasteiger partial charge in [0.25, 0.3) is 0 Å². The molecule has 0 aromatic heterocycles. The SMILES string of the molecule is CNCc1ccc(OC)c(OC)c1Br. The predicted molar refractivity (Wildman–Crippen MR) is 60.0 cm³/mol. The summed E-state index contributed by atoms with van der Waals surface area (Å²) < 4.78 is 11.4. The van der Waals surface area contributed by atoms with Crippen LogP contribution in [0.15, 0.2) is 16.6 Å². The Bertz CT molecular complexity index is 315. The summed E-state index contributed by atoms with van der Waals surface area (Å²) in [7, 11) is 5.16. The lowest BCUT2D eigenvalue weighted by atomic mass is 10.2. The van der Waals surface area contributed by atoms with Crippen LogP contribution in [0.1, 0.15) is 5.56 Å². The van der Waals surface area contributed by atoms with Gasteiger partial charge in [-0.15, -0.1) is 0 Å². The van der Waals surface area contributed by atoms with E-state index in [0.717, 1.165) is 28.1 Å². The third-order valence-corrected chi connectivity index (χ3v) is 2.80. The fourth-order valence-electron chi connectivity index (χ4n) is 1.26. The second-order valence-corrected chi connectivity index (χ2v) is 3.60. The molecule has 0 aliphatic heterocycles. The van der Waals surface area contributed by atoms with Gasteiger partial charge in [-0.05, 0) is 34.6 Å². The maximum absolute atomic E-state index is 5.25. The zero-order valence-electron chi connectivity index (χ0n) is 8.56. The Morgan fingerprint density at radius 2 is 2.00 bits per heavy atom. The Hall–Kier alpha value is -0.740. The minimum absolute atomic E-state index is 0.735. The second-order valence-electron chi connectivity index (χ2n) is 2.80. The van der Waals surface area contributed by atoms with E-state index in [-0.39, 0.29) is 0 Å². The molecule has 78 valence electrons. The predicted octanol–water partition coefficient (Wildman–Crippen LogP) is 2.19. The Morgan fingerprint density at radius 3 is 2.50 bits per heavy atom. The summed E-state index contributed by atoms with van der Waals surface area (Å²) >= 11 is 3.49. The van der Waals surface area contributed by atoms with Crippen molar-refractivity contribution in [1.29, 1.82) is 0 Å². The van der Waals surface area contributed by atoms with Crippen molar-refractivity contribution < 1.29 is 9.47 Å². The highest BCUT2D eigenvalue weighted by atomic mass is 79.9. The molecular weight excluding hydrogens is 246 g/mol. The van der Waals surface area contributed by atoms with Crippen LogP contribution in [0.2, 0.25) is 0 Å². The number of hydrogen-bond donors (Lipinski definition) is 1. The average molecular weight is 260 g/mol. The Balaban J connectivity index is 3.13. The van der Waals surface area contributed by atoms with Gasteiger partial charge in [-0.25, -0.2) is 0 Å². The topological polar surface area (TPSA) is 30.5 Å². The molecule has 14 heavy (non-hydrogen) atoms. The fourth-order valence-corrected chi connectivity index (χ4v) is 1.89. The third kappa shape index (κ3) is 2.19. The van der Waals surface area contributed by atoms with Crippen molar-refractivity contribution in [2.24, 2.45) is 0 Å². The van der Waals surface area contributed by atoms with Crippen molar-refractivity contribution in [2.75, 3.05) is 21.3 Å². The Morgan fingerprint density at radius 1 is 1.29 bits per heavy atom. The van der Waals surface area contributed by atoms with Crippen LogP contribution in [0.3, 0.4) is 0 Å². The maximum Gasteiger partial charge on any atom is 0.175 e. The maximum atomic E-state index is 5.25. The van der Waals surface area contributed by atoms with Crippen LogP contribution in [0.5, 0.6) is 11.5 Å². The molecule has 1 aromatic carbocycles. The minimum Gasteiger partial charge on any atom is -0.493 e. The van der Waals surface area contributed by atoms with Gasteiger partial charge >= 0.3 is 0 Å². The van der Waals surface area contributed by atoms with Crippen LogP contribution in [0, 0.1) is 0 Å². The molecule has 0 atom stereocenters. The molecule has 0 spiro atoms. The Labute approximate surface area is 92.5 Å². The van der Waals surface area contributed by atoms with Crippen LogP contribution in [0.4, 0.5) is 0 Å². The van der Waals surface area contributed by atoms with E-state index < -0.39 is 0 Å². The largest absolute Gasteiger partial charge is 0.493 e. The molecule has 1 rings (SSSR count). The smallest absolute Gasteiger partial charge is 0.175 e. The highest BCUT2D eigenvalue weighted by Crippen LogP contribution is 2.37. The van der Waals surface area contributed by atoms with Gasteiger partial charge in [-0.3, -0.25) is 0 Å². The number of methoxy groups -OCH3 is 2. The summed E-state index contributed by atoms with van der Waals surface area (Å²) in [6, 6.07) is 3.90. The number of hydrogen-bond acceptors (Lipinski definition) is 3. The lowest BCUT2D eigenvalue weighted by molar-refractivity contribution is 0.352. The van der Waals surface area contributed by atoms with E-state index in [0.29, 0.717) is 0 Å². The molecule has 0 bridgehead atoms. The molecule has 0 aliphatic carbocycles. The number of ether oxygens (including phenoxy) is 2. The van der Waals surface area contributed by atoms with Crippen molar-refractivity contribution >= 4 is 15.9 Å². The van der Waals surface area contributed by atoms with Gasteiger partial charge in [0, 0.05) is 6.54 Å². The molecular formula is C10H14BrNO2. The zero-order chi connectivity index (χ0) is 10.6. The van der Waals surface area contributed by atoms with Gasteiger partial charge in [0.15, 0.2) is 11.5 Å². The van der Waals surface area contributed by atoms with E-state index in [1.165, 1.54) is 0 Å². The first kappa shape index (κ1) is 11.3. The molecule has 0 aliphatic rings. The van der Waals surface area contributed by atoms with Crippen molar-refractivity contribution in [3.05, 3.63) is 22.2 Å². The van der Waals surface area contributed by atoms with Gasteiger partial charge < -0.3 is 14.8 Å². The lowest BCUT2D eigenvalue weighted by Crippen LogP contribution is -2.06. The van der Waals surface area contributed by atoms with E-state index in [1.54, 1.807) is 14.2 Å². The van der Waals surface area contributed by atoms with E-state index in [9.17, 15) is 0 Å². The summed E-state index contributed by atoms with van der Waals surface area (Å²) in [4.78, 5) is 0. The van der Waals surface area contributed by atoms with Crippen LogP contribution in [-0.4, -0.2) is 21.3 Å². The highest BCUT2D eigenvalue weighted by Gasteiger charge is 2.11. The van der Waals surface area contributed by atoms with Gasteiger partial charge in [-0.1, -0.05) is 6.07 Å². The summed E-state index contributed by atoms with van der Waals surface area (Å²) in [5, 5.41) is 3.09.